The van der Waals surface area contributed by atoms with Crippen molar-refractivity contribution in [3.8, 4) is 28.4 Å². The van der Waals surface area contributed by atoms with Crippen LogP contribution in [-0.2, 0) is 31.8 Å². The Balaban J connectivity index is 1.32. The standard InChI is InChI=1S/C36H37BN6O.Pt/c1-25(2)23-37-42(35-20-26(16-18-38-35)36(3,4)5)34-22-29(14-15-30(34)31-17-19-39-43(31)37)44-28-11-9-10-27(21-28)41-24-40(6)32-12-7-8-13-33(32)41;/h7-22,25H,23H2,1-6H3;. The van der Waals surface area contributed by atoms with E-state index in [1.807, 2.05) is 18.5 Å². The number of pyridine rings is 1. The molecule has 0 amide bonds. The Labute approximate surface area is 275 Å². The van der Waals surface area contributed by atoms with Crippen LogP contribution in [0.2, 0.25) is 6.32 Å². The first-order valence-corrected chi connectivity index (χ1v) is 16.6. The van der Waals surface area contributed by atoms with Crippen LogP contribution in [-0.4, -0.2) is 30.8 Å². The number of aryl methyl sites for hydroxylation is 1. The van der Waals surface area contributed by atoms with Gasteiger partial charge in [-0.3, -0.25) is 0 Å². The predicted molar refractivity (Wildman–Crippen MR) is 179 cm³/mol. The Morgan fingerprint density at radius 3 is 2.42 bits per heavy atom. The van der Waals surface area contributed by atoms with Crippen molar-refractivity contribution in [2.24, 2.45) is 13.0 Å². The fraction of sp³-hybridized carbons (Fsp3) is 0.250. The smallest absolute Gasteiger partial charge is 0.192 e. The van der Waals surface area contributed by atoms with Gasteiger partial charge in [-0.25, -0.2) is 0 Å². The first kappa shape index (κ1) is 29.5. The maximum absolute atomic E-state index is 6.62. The molecule has 3 aromatic carbocycles. The van der Waals surface area contributed by atoms with E-state index in [1.54, 1.807) is 0 Å². The second-order valence-electron chi connectivity index (χ2n) is 13.2. The van der Waals surface area contributed by atoms with E-state index in [2.05, 4.69) is 158 Å². The van der Waals surface area contributed by atoms with Crippen molar-refractivity contribution in [2.75, 3.05) is 4.81 Å². The molecule has 1 aliphatic rings. The zero-order valence-corrected chi connectivity index (χ0v) is 28.8. The van der Waals surface area contributed by atoms with Crippen LogP contribution in [0.1, 0.15) is 40.2 Å². The minimum Gasteiger partial charge on any atom is -0.192 e. The Hall–Kier alpha value is -4.16. The van der Waals surface area contributed by atoms with Crippen LogP contribution in [0.25, 0.3) is 28.0 Å². The van der Waals surface area contributed by atoms with Gasteiger partial charge < -0.3 is 0 Å². The molecule has 0 spiro atoms. The van der Waals surface area contributed by atoms with Gasteiger partial charge >= 0.3 is 202 Å². The van der Waals surface area contributed by atoms with Gasteiger partial charge in [-0.1, -0.05) is 34.6 Å². The first-order chi connectivity index (χ1) is 21.6. The third kappa shape index (κ3) is 5.29. The normalized spacial score (nSPS) is 13.0. The Morgan fingerprint density at radius 1 is 0.867 bits per heavy atom. The van der Waals surface area contributed by atoms with Crippen LogP contribution in [0.3, 0.4) is 0 Å². The number of nitrogens with zero attached hydrogens (tertiary/aromatic N) is 6. The average molecular weight is 776 g/mol. The van der Waals surface area contributed by atoms with E-state index in [4.69, 9.17) is 14.8 Å². The number of fused-ring (bicyclic) bond motifs is 4. The quantitative estimate of drug-likeness (QED) is 0.159. The molecule has 0 saturated carbocycles. The van der Waals surface area contributed by atoms with Crippen molar-refractivity contribution in [2.45, 2.75) is 46.4 Å². The van der Waals surface area contributed by atoms with Crippen molar-refractivity contribution >= 4 is 29.5 Å². The molecule has 0 unspecified atom stereocenters. The Morgan fingerprint density at radius 2 is 1.64 bits per heavy atom. The molecule has 0 saturated heterocycles. The monoisotopic (exact) mass is 775 g/mol. The zero-order chi connectivity index (χ0) is 31.5. The molecule has 230 valence electrons. The van der Waals surface area contributed by atoms with Gasteiger partial charge in [0.05, 0.1) is 0 Å². The third-order valence-corrected chi connectivity index (χ3v) is 9.79. The molecule has 1 aliphatic heterocycles. The fourth-order valence-electron chi connectivity index (χ4n) is 6.28. The summed E-state index contributed by atoms with van der Waals surface area (Å²) in [7, 11) is 2.10. The summed E-state index contributed by atoms with van der Waals surface area (Å²) in [6, 6.07) is 29.6. The van der Waals surface area contributed by atoms with Gasteiger partial charge in [0.25, 0.3) is 0 Å². The summed E-state index contributed by atoms with van der Waals surface area (Å²) in [5, 5.41) is 4.81. The van der Waals surface area contributed by atoms with Crippen molar-refractivity contribution in [1.29, 1.82) is 0 Å². The maximum atomic E-state index is 6.62. The van der Waals surface area contributed by atoms with Crippen molar-refractivity contribution in [1.82, 2.24) is 23.8 Å². The number of aromatic nitrogens is 5. The average Bonchev–Trinajstić information content (AvgIpc) is 3.60. The summed E-state index contributed by atoms with van der Waals surface area (Å²) in [5.74, 6) is 2.93. The van der Waals surface area contributed by atoms with Crippen LogP contribution in [0.5, 0.6) is 11.5 Å². The fourth-order valence-corrected chi connectivity index (χ4v) is 7.12. The number of hydrogen-bond acceptors (Lipinski definition) is 4. The second kappa shape index (κ2) is 11.3. The summed E-state index contributed by atoms with van der Waals surface area (Å²) >= 11 is 2.39. The Kier molecular flexibility index (Phi) is 7.44. The number of hydrogen-bond donors (Lipinski definition) is 0. The van der Waals surface area contributed by atoms with E-state index >= 15 is 0 Å². The Bertz CT molecular complexity index is 2100. The van der Waals surface area contributed by atoms with E-state index in [0.29, 0.717) is 5.92 Å². The van der Waals surface area contributed by atoms with Crippen LogP contribution < -0.4 is 9.55 Å². The molecule has 4 heterocycles. The van der Waals surface area contributed by atoms with Crippen molar-refractivity contribution in [3.63, 3.8) is 0 Å². The van der Waals surface area contributed by atoms with Gasteiger partial charge in [-0.05, 0) is 23.0 Å². The van der Waals surface area contributed by atoms with Gasteiger partial charge in [-0.2, -0.15) is 5.10 Å². The zero-order valence-electron chi connectivity index (χ0n) is 26.5. The second-order valence-corrected chi connectivity index (χ2v) is 14.2. The summed E-state index contributed by atoms with van der Waals surface area (Å²) < 4.78 is 14.4. The first-order valence-electron chi connectivity index (χ1n) is 15.4. The van der Waals surface area contributed by atoms with E-state index in [-0.39, 0.29) is 12.4 Å². The van der Waals surface area contributed by atoms with Gasteiger partial charge in [0.2, 0.25) is 0 Å². The van der Waals surface area contributed by atoms with E-state index < -0.39 is 0 Å². The summed E-state index contributed by atoms with van der Waals surface area (Å²) in [4.78, 5) is 7.27. The molecule has 0 atom stereocenters. The molecule has 3 aromatic heterocycles. The van der Waals surface area contributed by atoms with Crippen molar-refractivity contribution < 1.29 is 24.1 Å². The number of rotatable bonds is 6. The molecule has 45 heavy (non-hydrogen) atoms. The number of benzene rings is 3. The minimum atomic E-state index is -0.0197. The topological polar surface area (TPSA) is 53.0 Å². The molecular weight excluding hydrogens is 738 g/mol. The number of imidazole rings is 1. The molecular formula is C36H37BN6OPt. The van der Waals surface area contributed by atoms with Crippen molar-refractivity contribution in [3.05, 3.63) is 107 Å². The van der Waals surface area contributed by atoms with Gasteiger partial charge in [0, 0.05) is 12.4 Å². The van der Waals surface area contributed by atoms with Crippen LogP contribution >= 0.6 is 0 Å². The molecule has 6 aromatic rings. The van der Waals surface area contributed by atoms with Crippen LogP contribution in [0.4, 0.5) is 11.5 Å². The van der Waals surface area contributed by atoms with Crippen LogP contribution in [0.15, 0.2) is 97.3 Å². The summed E-state index contributed by atoms with van der Waals surface area (Å²) in [6.07, 6.45) is 4.75. The molecule has 0 fully saturated rings. The summed E-state index contributed by atoms with van der Waals surface area (Å²) in [6.45, 7) is 11.2. The molecule has 7 nitrogen and oxygen atoms in total. The van der Waals surface area contributed by atoms with E-state index in [1.165, 1.54) is 11.1 Å². The molecule has 7 rings (SSSR count). The van der Waals surface area contributed by atoms with E-state index in [9.17, 15) is 0 Å². The van der Waals surface area contributed by atoms with Crippen LogP contribution in [0, 0.1) is 9.72 Å². The molecule has 0 N–H and O–H groups in total. The molecule has 0 bridgehead atoms. The molecule has 0 radical (unpaired) electrons. The molecule has 0 aliphatic carbocycles. The summed E-state index contributed by atoms with van der Waals surface area (Å²) in [5.41, 5.74) is 7.92. The number of ether oxygens (including phenoxy) is 1. The third-order valence-electron chi connectivity index (χ3n) is 8.52. The number of anilines is 2. The van der Waals surface area contributed by atoms with E-state index in [0.717, 1.165) is 55.6 Å². The van der Waals surface area contributed by atoms with Gasteiger partial charge in [0.1, 0.15) is 0 Å². The van der Waals surface area contributed by atoms with Gasteiger partial charge in [0.15, 0.2) is 0 Å². The molecule has 9 heteroatoms. The minimum absolute atomic E-state index is 0.00334. The number of para-hydroxylation sites is 2. The SMILES string of the molecule is CC(C)CB1N(c2cc(C(C)(C)C)ccn2)c2cc(Oc3cccc(-n4[c](=[Pt])n(C)c5ccccc54)c3)ccc2-c2ccnn21. The van der Waals surface area contributed by atoms with Gasteiger partial charge in [-0.15, -0.1) is 0 Å². The predicted octanol–water partition coefficient (Wildman–Crippen LogP) is 8.54.